The second-order valence-corrected chi connectivity index (χ2v) is 10.4. The first kappa shape index (κ1) is 21.4. The van der Waals surface area contributed by atoms with Crippen LogP contribution in [0.15, 0.2) is 70.2 Å². The van der Waals surface area contributed by atoms with Gasteiger partial charge in [0.05, 0.1) is 0 Å². The predicted molar refractivity (Wildman–Crippen MR) is 128 cm³/mol. The van der Waals surface area contributed by atoms with E-state index in [2.05, 4.69) is 10.2 Å². The lowest BCUT2D eigenvalue weighted by molar-refractivity contribution is -0.119. The van der Waals surface area contributed by atoms with Crippen molar-refractivity contribution < 1.29 is 9.59 Å². The Morgan fingerprint density at radius 2 is 1.81 bits per heavy atom. The smallest absolute Gasteiger partial charge is 0.234 e. The predicted octanol–water partition coefficient (Wildman–Crippen LogP) is 6.01. The van der Waals surface area contributed by atoms with Crippen LogP contribution in [-0.2, 0) is 15.3 Å². The molecule has 5 nitrogen and oxygen atoms in total. The molecule has 1 atom stereocenters. The fourth-order valence-electron chi connectivity index (χ4n) is 4.26. The SMILES string of the molecule is O=C1CCCC2=C1[C@H](c1ccccc1)CC(=O)N2c1nnc(SCc2ccc(Cl)cc2)s1. The van der Waals surface area contributed by atoms with Gasteiger partial charge in [0.2, 0.25) is 11.0 Å². The number of carbonyl (C=O) groups is 2. The molecule has 1 aliphatic heterocycles. The van der Waals surface area contributed by atoms with Crippen molar-refractivity contribution in [1.29, 1.82) is 0 Å². The normalized spacial score (nSPS) is 18.8. The van der Waals surface area contributed by atoms with Crippen molar-refractivity contribution in [2.24, 2.45) is 0 Å². The molecule has 1 aromatic heterocycles. The molecule has 2 aliphatic rings. The van der Waals surface area contributed by atoms with Crippen molar-refractivity contribution in [3.05, 3.63) is 82.0 Å². The van der Waals surface area contributed by atoms with E-state index in [1.807, 2.05) is 54.6 Å². The van der Waals surface area contributed by atoms with Gasteiger partial charge in [-0.3, -0.25) is 14.5 Å². The Balaban J connectivity index is 1.43. The number of anilines is 1. The van der Waals surface area contributed by atoms with Gasteiger partial charge >= 0.3 is 0 Å². The van der Waals surface area contributed by atoms with Crippen molar-refractivity contribution in [1.82, 2.24) is 10.2 Å². The second kappa shape index (κ2) is 9.17. The third-order valence-corrected chi connectivity index (χ3v) is 8.10. The Kier molecular flexibility index (Phi) is 6.13. The van der Waals surface area contributed by atoms with Gasteiger partial charge in [-0.2, -0.15) is 0 Å². The Bertz CT molecular complexity index is 1190. The van der Waals surface area contributed by atoms with Gasteiger partial charge in [0.25, 0.3) is 0 Å². The summed E-state index contributed by atoms with van der Waals surface area (Å²) in [5.74, 6) is 0.661. The molecule has 3 aromatic rings. The molecule has 0 unspecified atom stereocenters. The molecule has 0 fully saturated rings. The molecule has 0 spiro atoms. The van der Waals surface area contributed by atoms with Crippen LogP contribution in [0.4, 0.5) is 5.13 Å². The number of ketones is 1. The minimum absolute atomic E-state index is 0.0299. The van der Waals surface area contributed by atoms with Crippen LogP contribution in [0.1, 0.15) is 42.7 Å². The minimum atomic E-state index is -0.186. The Hall–Kier alpha value is -2.48. The van der Waals surface area contributed by atoms with Gasteiger partial charge in [0, 0.05) is 40.8 Å². The van der Waals surface area contributed by atoms with E-state index in [1.165, 1.54) is 11.3 Å². The van der Waals surface area contributed by atoms with E-state index >= 15 is 0 Å². The lowest BCUT2D eigenvalue weighted by Crippen LogP contribution is -2.40. The van der Waals surface area contributed by atoms with Gasteiger partial charge < -0.3 is 0 Å². The van der Waals surface area contributed by atoms with E-state index in [9.17, 15) is 9.59 Å². The Morgan fingerprint density at radius 1 is 1.03 bits per heavy atom. The van der Waals surface area contributed by atoms with Crippen LogP contribution in [0.3, 0.4) is 0 Å². The summed E-state index contributed by atoms with van der Waals surface area (Å²) in [7, 11) is 0. The maximum atomic E-state index is 13.3. The largest absolute Gasteiger partial charge is 0.294 e. The molecule has 162 valence electrons. The van der Waals surface area contributed by atoms with Crippen molar-refractivity contribution in [2.45, 2.75) is 41.7 Å². The first-order valence-corrected chi connectivity index (χ1v) is 12.6. The zero-order valence-corrected chi connectivity index (χ0v) is 19.6. The molecule has 0 bridgehead atoms. The minimum Gasteiger partial charge on any atom is -0.294 e. The summed E-state index contributed by atoms with van der Waals surface area (Å²) in [6.07, 6.45) is 2.24. The van der Waals surface area contributed by atoms with Crippen molar-refractivity contribution in [2.75, 3.05) is 4.90 Å². The third kappa shape index (κ3) is 4.25. The van der Waals surface area contributed by atoms with Gasteiger partial charge in [-0.25, -0.2) is 0 Å². The van der Waals surface area contributed by atoms with Gasteiger partial charge in [-0.05, 0) is 36.1 Å². The average molecular weight is 482 g/mol. The maximum Gasteiger partial charge on any atom is 0.234 e. The van der Waals surface area contributed by atoms with Crippen LogP contribution in [0.25, 0.3) is 0 Å². The molecule has 32 heavy (non-hydrogen) atoms. The summed E-state index contributed by atoms with van der Waals surface area (Å²) < 4.78 is 0.789. The van der Waals surface area contributed by atoms with Crippen LogP contribution >= 0.6 is 34.7 Å². The standard InChI is InChI=1S/C24H20ClN3O2S2/c25-17-11-9-15(10-12-17)14-31-24-27-26-23(32-24)28-19-7-4-8-20(29)22(19)18(13-21(28)30)16-5-2-1-3-6-16/h1-3,5-6,9-12,18H,4,7-8,13-14H2/t18-/m0/s1. The molecule has 0 N–H and O–H groups in total. The van der Waals surface area contributed by atoms with Crippen molar-refractivity contribution >= 4 is 51.5 Å². The zero-order valence-electron chi connectivity index (χ0n) is 17.2. The molecule has 0 saturated carbocycles. The summed E-state index contributed by atoms with van der Waals surface area (Å²) in [5.41, 5.74) is 3.72. The van der Waals surface area contributed by atoms with Gasteiger partial charge in [0.1, 0.15) is 0 Å². The first-order valence-electron chi connectivity index (χ1n) is 10.4. The number of allylic oxidation sites excluding steroid dienone is 2. The van der Waals surface area contributed by atoms with E-state index < -0.39 is 0 Å². The number of hydrogen-bond donors (Lipinski definition) is 0. The molecule has 1 aliphatic carbocycles. The highest BCUT2D eigenvalue weighted by molar-refractivity contribution is 8.00. The van der Waals surface area contributed by atoms with Gasteiger partial charge in [-0.1, -0.05) is 77.2 Å². The number of benzene rings is 2. The fraction of sp³-hybridized carbons (Fsp3) is 0.250. The summed E-state index contributed by atoms with van der Waals surface area (Å²) in [6, 6.07) is 17.6. The van der Waals surface area contributed by atoms with Gasteiger partial charge in [0.15, 0.2) is 10.1 Å². The van der Waals surface area contributed by atoms with Crippen molar-refractivity contribution in [3.8, 4) is 0 Å². The van der Waals surface area contributed by atoms with E-state index in [1.54, 1.807) is 16.7 Å². The van der Waals surface area contributed by atoms with Crippen LogP contribution in [0, 0.1) is 0 Å². The van der Waals surface area contributed by atoms with Crippen LogP contribution < -0.4 is 4.90 Å². The molecule has 0 radical (unpaired) electrons. The number of Topliss-reactive ketones (excluding diaryl/α,β-unsaturated/α-hetero) is 1. The second-order valence-electron chi connectivity index (χ2n) is 7.80. The highest BCUT2D eigenvalue weighted by Gasteiger charge is 2.40. The summed E-state index contributed by atoms with van der Waals surface area (Å²) in [6.45, 7) is 0. The Labute approximate surface area is 199 Å². The number of amides is 1. The van der Waals surface area contributed by atoms with Gasteiger partial charge in [-0.15, -0.1) is 10.2 Å². The zero-order chi connectivity index (χ0) is 22.1. The summed E-state index contributed by atoms with van der Waals surface area (Å²) in [5, 5.41) is 9.87. The van der Waals surface area contributed by atoms with E-state index in [0.29, 0.717) is 23.0 Å². The summed E-state index contributed by atoms with van der Waals surface area (Å²) in [4.78, 5) is 27.9. The molecule has 1 amide bonds. The molecule has 0 saturated heterocycles. The molecular weight excluding hydrogens is 462 g/mol. The molecule has 2 aromatic carbocycles. The number of nitrogens with zero attached hydrogens (tertiary/aromatic N) is 3. The number of halogens is 1. The third-order valence-electron chi connectivity index (χ3n) is 5.74. The first-order chi connectivity index (χ1) is 15.6. The monoisotopic (exact) mass is 481 g/mol. The molecule has 2 heterocycles. The lowest BCUT2D eigenvalue weighted by atomic mass is 9.77. The number of thioether (sulfide) groups is 1. The van der Waals surface area contributed by atoms with Crippen LogP contribution in [-0.4, -0.2) is 21.9 Å². The van der Waals surface area contributed by atoms with E-state index in [-0.39, 0.29) is 24.0 Å². The average Bonchev–Trinajstić information content (AvgIpc) is 3.27. The maximum absolute atomic E-state index is 13.3. The Morgan fingerprint density at radius 3 is 2.59 bits per heavy atom. The van der Waals surface area contributed by atoms with E-state index in [0.717, 1.165) is 38.9 Å². The number of hydrogen-bond acceptors (Lipinski definition) is 6. The summed E-state index contributed by atoms with van der Waals surface area (Å²) >= 11 is 8.92. The molecule has 8 heteroatoms. The number of carbonyl (C=O) groups excluding carboxylic acids is 2. The van der Waals surface area contributed by atoms with Crippen LogP contribution in [0.5, 0.6) is 0 Å². The quantitative estimate of drug-likeness (QED) is 0.330. The highest BCUT2D eigenvalue weighted by Crippen LogP contribution is 2.44. The van der Waals surface area contributed by atoms with E-state index in [4.69, 9.17) is 11.6 Å². The van der Waals surface area contributed by atoms with Crippen LogP contribution in [0.2, 0.25) is 5.02 Å². The lowest BCUT2D eigenvalue weighted by Gasteiger charge is -2.36. The fourth-order valence-corrected chi connectivity index (χ4v) is 6.23. The molecule has 5 rings (SSSR count). The number of aromatic nitrogens is 2. The molecular formula is C24H20ClN3O2S2. The highest BCUT2D eigenvalue weighted by atomic mass is 35.5. The number of rotatable bonds is 5. The topological polar surface area (TPSA) is 63.2 Å². The van der Waals surface area contributed by atoms with Crippen molar-refractivity contribution in [3.63, 3.8) is 0 Å².